The molecular formula is C13H20N2O3S. The zero-order chi connectivity index (χ0) is 13.9. The van der Waals surface area contributed by atoms with E-state index in [0.717, 1.165) is 25.9 Å². The van der Waals surface area contributed by atoms with E-state index in [0.29, 0.717) is 12.5 Å². The van der Waals surface area contributed by atoms with Crippen LogP contribution in [0.3, 0.4) is 0 Å². The Bertz CT molecular complexity index is 522. The van der Waals surface area contributed by atoms with Crippen molar-refractivity contribution in [3.8, 4) is 5.75 Å². The van der Waals surface area contributed by atoms with E-state index < -0.39 is 10.0 Å². The number of nitrogens with one attached hydrogen (secondary N) is 1. The second kappa shape index (κ2) is 5.90. The van der Waals surface area contributed by atoms with Crippen molar-refractivity contribution in [3.05, 3.63) is 24.3 Å². The minimum absolute atomic E-state index is 0.0528. The van der Waals surface area contributed by atoms with Gasteiger partial charge in [0.05, 0.1) is 0 Å². The number of rotatable bonds is 4. The van der Waals surface area contributed by atoms with E-state index in [1.54, 1.807) is 12.1 Å². The van der Waals surface area contributed by atoms with Gasteiger partial charge in [0.15, 0.2) is 0 Å². The Balaban J connectivity index is 1.97. The Morgan fingerprint density at radius 3 is 2.58 bits per heavy atom. The Labute approximate surface area is 114 Å². The van der Waals surface area contributed by atoms with Gasteiger partial charge in [0.2, 0.25) is 10.0 Å². The van der Waals surface area contributed by atoms with Crippen molar-refractivity contribution in [1.82, 2.24) is 9.62 Å². The van der Waals surface area contributed by atoms with Gasteiger partial charge >= 0.3 is 0 Å². The molecule has 5 nitrogen and oxygen atoms in total. The molecule has 0 aromatic heterocycles. The maximum absolute atomic E-state index is 12.1. The summed E-state index contributed by atoms with van der Waals surface area (Å²) < 4.78 is 26.8. The van der Waals surface area contributed by atoms with Gasteiger partial charge in [-0.15, -0.1) is 0 Å². The SMILES string of the molecule is CN1CCC(CNS(=O)(=O)c2ccccc2O)CC1. The van der Waals surface area contributed by atoms with Crippen LogP contribution in [-0.2, 0) is 10.0 Å². The van der Waals surface area contributed by atoms with Crippen molar-refractivity contribution in [2.45, 2.75) is 17.7 Å². The van der Waals surface area contributed by atoms with E-state index >= 15 is 0 Å². The van der Waals surface area contributed by atoms with Gasteiger partial charge in [-0.2, -0.15) is 0 Å². The highest BCUT2D eigenvalue weighted by atomic mass is 32.2. The molecule has 0 spiro atoms. The first-order valence-electron chi connectivity index (χ1n) is 6.45. The van der Waals surface area contributed by atoms with E-state index in [1.165, 1.54) is 12.1 Å². The number of hydrogen-bond acceptors (Lipinski definition) is 4. The molecule has 106 valence electrons. The van der Waals surface area contributed by atoms with Crippen LogP contribution in [0.1, 0.15) is 12.8 Å². The fourth-order valence-corrected chi connectivity index (χ4v) is 3.47. The molecule has 1 aliphatic rings. The van der Waals surface area contributed by atoms with Crippen molar-refractivity contribution in [2.75, 3.05) is 26.7 Å². The van der Waals surface area contributed by atoms with E-state index in [9.17, 15) is 13.5 Å². The number of benzene rings is 1. The van der Waals surface area contributed by atoms with Gasteiger partial charge in [0.1, 0.15) is 10.6 Å². The second-order valence-corrected chi connectivity index (χ2v) is 6.80. The average molecular weight is 284 g/mol. The van der Waals surface area contributed by atoms with E-state index in [1.807, 2.05) is 0 Å². The molecule has 1 aliphatic heterocycles. The quantitative estimate of drug-likeness (QED) is 0.866. The Morgan fingerprint density at radius 1 is 1.32 bits per heavy atom. The molecule has 1 saturated heterocycles. The lowest BCUT2D eigenvalue weighted by atomic mass is 9.98. The first kappa shape index (κ1) is 14.3. The lowest BCUT2D eigenvalue weighted by Gasteiger charge is -2.28. The number of nitrogens with zero attached hydrogens (tertiary/aromatic N) is 1. The van der Waals surface area contributed by atoms with E-state index in [2.05, 4.69) is 16.7 Å². The average Bonchev–Trinajstić information content (AvgIpc) is 2.38. The van der Waals surface area contributed by atoms with Crippen molar-refractivity contribution in [1.29, 1.82) is 0 Å². The van der Waals surface area contributed by atoms with Crippen LogP contribution in [0.4, 0.5) is 0 Å². The molecule has 2 N–H and O–H groups in total. The van der Waals surface area contributed by atoms with Gasteiger partial charge in [-0.3, -0.25) is 0 Å². The number of piperidine rings is 1. The minimum Gasteiger partial charge on any atom is -0.507 e. The van der Waals surface area contributed by atoms with Crippen LogP contribution in [0, 0.1) is 5.92 Å². The van der Waals surface area contributed by atoms with Crippen LogP contribution in [0.2, 0.25) is 0 Å². The zero-order valence-electron chi connectivity index (χ0n) is 11.0. The molecule has 6 heteroatoms. The molecular weight excluding hydrogens is 264 g/mol. The zero-order valence-corrected chi connectivity index (χ0v) is 11.9. The maximum atomic E-state index is 12.1. The molecule has 0 atom stereocenters. The van der Waals surface area contributed by atoms with Crippen molar-refractivity contribution in [2.24, 2.45) is 5.92 Å². The second-order valence-electron chi connectivity index (χ2n) is 5.07. The Morgan fingerprint density at radius 2 is 1.95 bits per heavy atom. The number of sulfonamides is 1. The molecule has 0 radical (unpaired) electrons. The standard InChI is InChI=1S/C13H20N2O3S/c1-15-8-6-11(7-9-15)10-14-19(17,18)13-5-3-2-4-12(13)16/h2-5,11,14,16H,6-10H2,1H3. The van der Waals surface area contributed by atoms with Gasteiger partial charge in [0, 0.05) is 6.54 Å². The molecule has 1 heterocycles. The summed E-state index contributed by atoms with van der Waals surface area (Å²) in [5.74, 6) is 0.162. The highest BCUT2D eigenvalue weighted by molar-refractivity contribution is 7.89. The first-order valence-corrected chi connectivity index (χ1v) is 7.93. The molecule has 19 heavy (non-hydrogen) atoms. The van der Waals surface area contributed by atoms with Crippen LogP contribution in [-0.4, -0.2) is 45.1 Å². The van der Waals surface area contributed by atoms with Crippen molar-refractivity contribution < 1.29 is 13.5 Å². The molecule has 0 saturated carbocycles. The smallest absolute Gasteiger partial charge is 0.244 e. The van der Waals surface area contributed by atoms with Gasteiger partial charge in [0.25, 0.3) is 0 Å². The molecule has 0 unspecified atom stereocenters. The Hall–Kier alpha value is -1.11. The summed E-state index contributed by atoms with van der Waals surface area (Å²) in [7, 11) is -1.55. The summed E-state index contributed by atoms with van der Waals surface area (Å²) in [5.41, 5.74) is 0. The third-order valence-electron chi connectivity index (χ3n) is 3.55. The lowest BCUT2D eigenvalue weighted by molar-refractivity contribution is 0.220. The third-order valence-corrected chi connectivity index (χ3v) is 5.03. The number of para-hydroxylation sites is 1. The fraction of sp³-hybridized carbons (Fsp3) is 0.538. The monoisotopic (exact) mass is 284 g/mol. The normalized spacial score (nSPS) is 18.6. The summed E-state index contributed by atoms with van der Waals surface area (Å²) >= 11 is 0. The summed E-state index contributed by atoms with van der Waals surface area (Å²) in [6.07, 6.45) is 2.00. The number of phenols is 1. The van der Waals surface area contributed by atoms with Crippen LogP contribution < -0.4 is 4.72 Å². The van der Waals surface area contributed by atoms with Gasteiger partial charge in [-0.05, 0) is 51.0 Å². The van der Waals surface area contributed by atoms with Gasteiger partial charge in [-0.1, -0.05) is 12.1 Å². The molecule has 1 aromatic rings. The largest absolute Gasteiger partial charge is 0.507 e. The predicted molar refractivity (Wildman–Crippen MR) is 73.5 cm³/mol. The van der Waals surface area contributed by atoms with E-state index in [4.69, 9.17) is 0 Å². The van der Waals surface area contributed by atoms with Crippen LogP contribution >= 0.6 is 0 Å². The summed E-state index contributed by atoms with van der Waals surface area (Å²) in [6.45, 7) is 2.44. The summed E-state index contributed by atoms with van der Waals surface area (Å²) in [5, 5.41) is 9.59. The van der Waals surface area contributed by atoms with Crippen molar-refractivity contribution >= 4 is 10.0 Å². The minimum atomic E-state index is -3.62. The molecule has 0 bridgehead atoms. The number of phenolic OH excluding ortho intramolecular Hbond substituents is 1. The number of likely N-dealkylation sites (tertiary alicyclic amines) is 1. The molecule has 1 fully saturated rings. The topological polar surface area (TPSA) is 69.6 Å². The molecule has 0 amide bonds. The van der Waals surface area contributed by atoms with Crippen LogP contribution in [0.15, 0.2) is 29.2 Å². The lowest BCUT2D eigenvalue weighted by Crippen LogP contribution is -2.36. The summed E-state index contributed by atoms with van der Waals surface area (Å²) in [6, 6.07) is 5.99. The number of hydrogen-bond donors (Lipinski definition) is 2. The maximum Gasteiger partial charge on any atom is 0.244 e. The Kier molecular flexibility index (Phi) is 4.44. The third kappa shape index (κ3) is 3.68. The molecule has 2 rings (SSSR count). The number of aromatic hydroxyl groups is 1. The predicted octanol–water partition coefficient (Wildman–Crippen LogP) is 1.01. The highest BCUT2D eigenvalue weighted by Gasteiger charge is 2.22. The van der Waals surface area contributed by atoms with Gasteiger partial charge in [-0.25, -0.2) is 13.1 Å². The summed E-state index contributed by atoms with van der Waals surface area (Å²) in [4.78, 5) is 2.19. The van der Waals surface area contributed by atoms with Crippen molar-refractivity contribution in [3.63, 3.8) is 0 Å². The fourth-order valence-electron chi connectivity index (χ4n) is 2.26. The first-order chi connectivity index (χ1) is 8.99. The molecule has 1 aromatic carbocycles. The molecule has 0 aliphatic carbocycles. The van der Waals surface area contributed by atoms with Crippen LogP contribution in [0.25, 0.3) is 0 Å². The van der Waals surface area contributed by atoms with Crippen LogP contribution in [0.5, 0.6) is 5.75 Å². The highest BCUT2D eigenvalue weighted by Crippen LogP contribution is 2.22. The van der Waals surface area contributed by atoms with Gasteiger partial charge < -0.3 is 10.0 Å². The van der Waals surface area contributed by atoms with E-state index in [-0.39, 0.29) is 10.6 Å².